The summed E-state index contributed by atoms with van der Waals surface area (Å²) >= 11 is 0. The summed E-state index contributed by atoms with van der Waals surface area (Å²) in [4.78, 5) is 28.3. The molecule has 1 saturated heterocycles. The molecule has 1 aliphatic heterocycles. The predicted molar refractivity (Wildman–Crippen MR) is 82.9 cm³/mol. The van der Waals surface area contributed by atoms with Crippen molar-refractivity contribution in [3.05, 3.63) is 58.5 Å². The van der Waals surface area contributed by atoms with E-state index in [0.717, 1.165) is 24.5 Å². The zero-order valence-electron chi connectivity index (χ0n) is 11.6. The second-order valence-electron chi connectivity index (χ2n) is 5.09. The highest BCUT2D eigenvalue weighted by atomic mass is 16.2. The number of H-pyrrole nitrogens is 1. The number of rotatable bonds is 3. The van der Waals surface area contributed by atoms with Gasteiger partial charge in [0.25, 0.3) is 5.91 Å². The molecule has 0 radical (unpaired) electrons. The van der Waals surface area contributed by atoms with Crippen molar-refractivity contribution in [3.8, 4) is 0 Å². The molecule has 0 atom stereocenters. The Balaban J connectivity index is 1.84. The number of hydrogen-bond donors (Lipinski definition) is 2. The quantitative estimate of drug-likeness (QED) is 0.908. The first kappa shape index (κ1) is 13.4. The molecule has 1 aromatic heterocycles. The molecule has 0 bridgehead atoms. The number of para-hydroxylation sites is 2. The third-order valence-corrected chi connectivity index (χ3v) is 3.61. The normalized spacial score (nSPS) is 14.2. The van der Waals surface area contributed by atoms with Crippen LogP contribution in [0.5, 0.6) is 0 Å². The van der Waals surface area contributed by atoms with Crippen molar-refractivity contribution in [2.45, 2.75) is 12.8 Å². The Morgan fingerprint density at radius 2 is 1.81 bits per heavy atom. The van der Waals surface area contributed by atoms with Gasteiger partial charge in [0.2, 0.25) is 5.56 Å². The maximum Gasteiger partial charge on any atom is 0.272 e. The summed E-state index contributed by atoms with van der Waals surface area (Å²) in [6.07, 6.45) is 2.35. The molecule has 5 heteroatoms. The lowest BCUT2D eigenvalue weighted by atomic mass is 10.2. The SMILES string of the molecule is O=C(Nc1ccccc1N1CCCC1)c1cccc(=O)[nH]1. The number of benzene rings is 1. The fourth-order valence-electron chi connectivity index (χ4n) is 2.58. The van der Waals surface area contributed by atoms with E-state index in [9.17, 15) is 9.59 Å². The molecule has 2 aromatic rings. The van der Waals surface area contributed by atoms with E-state index < -0.39 is 0 Å². The maximum atomic E-state index is 12.2. The summed E-state index contributed by atoms with van der Waals surface area (Å²) in [6, 6.07) is 12.3. The van der Waals surface area contributed by atoms with Crippen LogP contribution in [0.1, 0.15) is 23.3 Å². The number of amides is 1. The Morgan fingerprint density at radius 1 is 1.05 bits per heavy atom. The highest BCUT2D eigenvalue weighted by Gasteiger charge is 2.17. The zero-order valence-corrected chi connectivity index (χ0v) is 11.6. The lowest BCUT2D eigenvalue weighted by Crippen LogP contribution is -2.22. The number of aromatic nitrogens is 1. The zero-order chi connectivity index (χ0) is 14.7. The summed E-state index contributed by atoms with van der Waals surface area (Å²) < 4.78 is 0. The number of aromatic amines is 1. The Kier molecular flexibility index (Phi) is 3.73. The van der Waals surface area contributed by atoms with E-state index in [1.807, 2.05) is 24.3 Å². The summed E-state index contributed by atoms with van der Waals surface area (Å²) in [7, 11) is 0. The molecule has 0 unspecified atom stereocenters. The van der Waals surface area contributed by atoms with E-state index in [2.05, 4.69) is 15.2 Å². The van der Waals surface area contributed by atoms with Crippen molar-refractivity contribution in [1.82, 2.24) is 4.98 Å². The van der Waals surface area contributed by atoms with E-state index in [1.165, 1.54) is 18.9 Å². The van der Waals surface area contributed by atoms with E-state index in [-0.39, 0.29) is 17.2 Å². The van der Waals surface area contributed by atoms with Crippen LogP contribution in [0.15, 0.2) is 47.3 Å². The van der Waals surface area contributed by atoms with Crippen LogP contribution in [0, 0.1) is 0 Å². The van der Waals surface area contributed by atoms with Gasteiger partial charge in [-0.1, -0.05) is 18.2 Å². The molecule has 0 spiro atoms. The molecule has 2 N–H and O–H groups in total. The highest BCUT2D eigenvalue weighted by molar-refractivity contribution is 6.04. The minimum atomic E-state index is -0.306. The van der Waals surface area contributed by atoms with Gasteiger partial charge in [0.15, 0.2) is 0 Å². The van der Waals surface area contributed by atoms with Gasteiger partial charge in [0.05, 0.1) is 11.4 Å². The third-order valence-electron chi connectivity index (χ3n) is 3.61. The first-order chi connectivity index (χ1) is 10.2. The molecule has 1 fully saturated rings. The molecule has 1 aliphatic rings. The van der Waals surface area contributed by atoms with Gasteiger partial charge in [0.1, 0.15) is 5.69 Å². The number of anilines is 2. The van der Waals surface area contributed by atoms with E-state index in [0.29, 0.717) is 0 Å². The molecule has 0 aliphatic carbocycles. The van der Waals surface area contributed by atoms with Crippen LogP contribution in [-0.2, 0) is 0 Å². The second-order valence-corrected chi connectivity index (χ2v) is 5.09. The van der Waals surface area contributed by atoms with E-state index in [4.69, 9.17) is 0 Å². The van der Waals surface area contributed by atoms with Crippen molar-refractivity contribution in [2.75, 3.05) is 23.3 Å². The van der Waals surface area contributed by atoms with Gasteiger partial charge in [0, 0.05) is 19.2 Å². The molecular formula is C16H17N3O2. The smallest absolute Gasteiger partial charge is 0.272 e. The molecule has 108 valence electrons. The van der Waals surface area contributed by atoms with E-state index in [1.54, 1.807) is 12.1 Å². The largest absolute Gasteiger partial charge is 0.370 e. The molecule has 21 heavy (non-hydrogen) atoms. The fraction of sp³-hybridized carbons (Fsp3) is 0.250. The number of nitrogens with zero attached hydrogens (tertiary/aromatic N) is 1. The topological polar surface area (TPSA) is 65.2 Å². The monoisotopic (exact) mass is 283 g/mol. The number of pyridine rings is 1. The van der Waals surface area contributed by atoms with Gasteiger partial charge >= 0.3 is 0 Å². The highest BCUT2D eigenvalue weighted by Crippen LogP contribution is 2.28. The first-order valence-electron chi connectivity index (χ1n) is 7.09. The summed E-state index contributed by atoms with van der Waals surface area (Å²) in [6.45, 7) is 2.02. The van der Waals surface area contributed by atoms with Gasteiger partial charge in [-0.3, -0.25) is 9.59 Å². The van der Waals surface area contributed by atoms with Crippen molar-refractivity contribution < 1.29 is 4.79 Å². The van der Waals surface area contributed by atoms with Gasteiger partial charge in [-0.25, -0.2) is 0 Å². The molecule has 1 aromatic carbocycles. The Hall–Kier alpha value is -2.56. The van der Waals surface area contributed by atoms with Crippen LogP contribution < -0.4 is 15.8 Å². The molecule has 0 saturated carbocycles. The summed E-state index contributed by atoms with van der Waals surface area (Å²) in [5, 5.41) is 2.88. The summed E-state index contributed by atoms with van der Waals surface area (Å²) in [5.41, 5.74) is 1.78. The van der Waals surface area contributed by atoms with Gasteiger partial charge in [-0.15, -0.1) is 0 Å². The molecule has 2 heterocycles. The van der Waals surface area contributed by atoms with Crippen LogP contribution in [-0.4, -0.2) is 24.0 Å². The lowest BCUT2D eigenvalue weighted by Gasteiger charge is -2.21. The van der Waals surface area contributed by atoms with Crippen LogP contribution in [0.2, 0.25) is 0 Å². The van der Waals surface area contributed by atoms with Crippen molar-refractivity contribution in [3.63, 3.8) is 0 Å². The number of carbonyl (C=O) groups is 1. The average molecular weight is 283 g/mol. The van der Waals surface area contributed by atoms with Crippen molar-refractivity contribution >= 4 is 17.3 Å². The number of nitrogens with one attached hydrogen (secondary N) is 2. The Bertz CT molecular complexity index is 702. The number of carbonyl (C=O) groups excluding carboxylic acids is 1. The Morgan fingerprint density at radius 3 is 2.57 bits per heavy atom. The first-order valence-corrected chi connectivity index (χ1v) is 7.09. The third kappa shape index (κ3) is 2.97. The van der Waals surface area contributed by atoms with Gasteiger partial charge in [-0.05, 0) is 31.0 Å². The minimum absolute atomic E-state index is 0.263. The molecule has 1 amide bonds. The lowest BCUT2D eigenvalue weighted by molar-refractivity contribution is 0.102. The van der Waals surface area contributed by atoms with Gasteiger partial charge in [-0.2, -0.15) is 0 Å². The predicted octanol–water partition coefficient (Wildman–Crippen LogP) is 2.23. The number of hydrogen-bond acceptors (Lipinski definition) is 3. The van der Waals surface area contributed by atoms with Crippen LogP contribution in [0.3, 0.4) is 0 Å². The van der Waals surface area contributed by atoms with Crippen LogP contribution >= 0.6 is 0 Å². The molecular weight excluding hydrogens is 266 g/mol. The Labute approximate surface area is 122 Å². The second kappa shape index (κ2) is 5.83. The standard InChI is InChI=1S/C16H17N3O2/c20-15-9-5-7-13(17-15)16(21)18-12-6-1-2-8-14(12)19-10-3-4-11-19/h1-2,5-9H,3-4,10-11H2,(H,17,20)(H,18,21). The van der Waals surface area contributed by atoms with Crippen LogP contribution in [0.25, 0.3) is 0 Å². The minimum Gasteiger partial charge on any atom is -0.370 e. The fourth-order valence-corrected chi connectivity index (χ4v) is 2.58. The van der Waals surface area contributed by atoms with E-state index >= 15 is 0 Å². The van der Waals surface area contributed by atoms with Crippen LogP contribution in [0.4, 0.5) is 11.4 Å². The van der Waals surface area contributed by atoms with Crippen molar-refractivity contribution in [2.24, 2.45) is 0 Å². The van der Waals surface area contributed by atoms with Crippen molar-refractivity contribution in [1.29, 1.82) is 0 Å². The average Bonchev–Trinajstić information content (AvgIpc) is 3.02. The van der Waals surface area contributed by atoms with Gasteiger partial charge < -0.3 is 15.2 Å². The maximum absolute atomic E-state index is 12.2. The summed E-state index contributed by atoms with van der Waals surface area (Å²) in [5.74, 6) is -0.306. The molecule has 5 nitrogen and oxygen atoms in total. The molecule has 3 rings (SSSR count).